The van der Waals surface area contributed by atoms with E-state index in [-0.39, 0.29) is 5.75 Å². The Bertz CT molecular complexity index is 770. The molecule has 2 aromatic rings. The smallest absolute Gasteiger partial charge is 0.143 e. The standard InChI is InChI=1S/C16H14Br4O2/c1-6-5-9(21)10(8(3)7(6)2)11-12(17)13(18)14(19)15(20)16(11)22-4/h5,21H,1-4H3. The quantitative estimate of drug-likeness (QED) is 0.317. The molecule has 22 heavy (non-hydrogen) atoms. The maximum Gasteiger partial charge on any atom is 0.143 e. The van der Waals surface area contributed by atoms with Gasteiger partial charge in [0, 0.05) is 20.1 Å². The first-order valence-electron chi connectivity index (χ1n) is 6.42. The summed E-state index contributed by atoms with van der Waals surface area (Å²) in [4.78, 5) is 0. The molecule has 0 heterocycles. The Balaban J connectivity index is 2.99. The second-order valence-corrected chi connectivity index (χ2v) is 8.17. The lowest BCUT2D eigenvalue weighted by Gasteiger charge is -2.20. The van der Waals surface area contributed by atoms with Crippen LogP contribution in [0.15, 0.2) is 24.0 Å². The largest absolute Gasteiger partial charge is 0.507 e. The van der Waals surface area contributed by atoms with Crippen LogP contribution in [0.2, 0.25) is 0 Å². The number of aromatic hydroxyl groups is 1. The van der Waals surface area contributed by atoms with Crippen LogP contribution in [0.5, 0.6) is 11.5 Å². The molecule has 1 N–H and O–H groups in total. The molecule has 0 bridgehead atoms. The Kier molecular flexibility index (Phi) is 5.68. The van der Waals surface area contributed by atoms with Gasteiger partial charge in [0.05, 0.1) is 16.1 Å². The number of phenolic OH excluding ortho intramolecular Hbond substituents is 1. The van der Waals surface area contributed by atoms with Crippen LogP contribution in [0, 0.1) is 20.8 Å². The van der Waals surface area contributed by atoms with Gasteiger partial charge in [0.1, 0.15) is 11.5 Å². The van der Waals surface area contributed by atoms with Crippen molar-refractivity contribution in [2.24, 2.45) is 0 Å². The van der Waals surface area contributed by atoms with Crippen LogP contribution in [0.25, 0.3) is 11.1 Å². The third-order valence-corrected chi connectivity index (χ3v) is 8.55. The van der Waals surface area contributed by atoms with Crippen molar-refractivity contribution < 1.29 is 9.84 Å². The van der Waals surface area contributed by atoms with E-state index in [1.807, 2.05) is 13.8 Å². The lowest BCUT2D eigenvalue weighted by atomic mass is 9.92. The van der Waals surface area contributed by atoms with E-state index >= 15 is 0 Å². The van der Waals surface area contributed by atoms with Crippen molar-refractivity contribution >= 4 is 63.7 Å². The molecule has 0 saturated heterocycles. The number of hydrogen-bond donors (Lipinski definition) is 1. The number of ether oxygens (including phenoxy) is 1. The highest BCUT2D eigenvalue weighted by atomic mass is 79.9. The number of aryl methyl sites for hydroxylation is 1. The molecule has 2 nitrogen and oxygen atoms in total. The third-order valence-electron chi connectivity index (χ3n) is 3.82. The van der Waals surface area contributed by atoms with Crippen LogP contribution in [-0.2, 0) is 0 Å². The predicted molar refractivity (Wildman–Crippen MR) is 105 cm³/mol. The van der Waals surface area contributed by atoms with Crippen LogP contribution in [-0.4, -0.2) is 12.2 Å². The molecule has 0 aromatic heterocycles. The van der Waals surface area contributed by atoms with Gasteiger partial charge >= 0.3 is 0 Å². The van der Waals surface area contributed by atoms with Gasteiger partial charge in [-0.1, -0.05) is 0 Å². The van der Waals surface area contributed by atoms with E-state index < -0.39 is 0 Å². The molecular weight excluding hydrogens is 544 g/mol. The average Bonchev–Trinajstić information content (AvgIpc) is 2.48. The summed E-state index contributed by atoms with van der Waals surface area (Å²) in [6, 6.07) is 1.79. The zero-order valence-electron chi connectivity index (χ0n) is 12.4. The summed E-state index contributed by atoms with van der Waals surface area (Å²) < 4.78 is 8.90. The minimum absolute atomic E-state index is 0.237. The molecule has 0 atom stereocenters. The molecule has 0 unspecified atom stereocenters. The Morgan fingerprint density at radius 3 is 1.91 bits per heavy atom. The third kappa shape index (κ3) is 2.87. The van der Waals surface area contributed by atoms with E-state index in [2.05, 4.69) is 70.6 Å². The molecule has 6 heteroatoms. The van der Waals surface area contributed by atoms with Crippen molar-refractivity contribution in [2.75, 3.05) is 7.11 Å². The minimum atomic E-state index is 0.237. The van der Waals surface area contributed by atoms with Gasteiger partial charge in [0.25, 0.3) is 0 Å². The Labute approximate surface area is 163 Å². The highest BCUT2D eigenvalue weighted by Gasteiger charge is 2.25. The Hall–Kier alpha value is -0.0400. The number of benzene rings is 2. The van der Waals surface area contributed by atoms with Crippen molar-refractivity contribution in [3.8, 4) is 22.6 Å². The lowest BCUT2D eigenvalue weighted by molar-refractivity contribution is 0.412. The molecule has 0 aliphatic heterocycles. The number of hydrogen-bond acceptors (Lipinski definition) is 2. The average molecular weight is 558 g/mol. The van der Waals surface area contributed by atoms with Crippen molar-refractivity contribution in [3.05, 3.63) is 40.6 Å². The fourth-order valence-electron chi connectivity index (χ4n) is 2.40. The highest BCUT2D eigenvalue weighted by molar-refractivity contribution is 9.15. The summed E-state index contributed by atoms with van der Waals surface area (Å²) in [5, 5.41) is 10.5. The Morgan fingerprint density at radius 1 is 0.818 bits per heavy atom. The number of rotatable bonds is 2. The molecule has 0 aliphatic carbocycles. The Morgan fingerprint density at radius 2 is 1.36 bits per heavy atom. The molecule has 0 fully saturated rings. The molecule has 0 aliphatic rings. The van der Waals surface area contributed by atoms with Crippen LogP contribution >= 0.6 is 63.7 Å². The van der Waals surface area contributed by atoms with Gasteiger partial charge in [-0.2, -0.15) is 0 Å². The van der Waals surface area contributed by atoms with Crippen LogP contribution < -0.4 is 4.74 Å². The van der Waals surface area contributed by atoms with Crippen molar-refractivity contribution in [1.82, 2.24) is 0 Å². The predicted octanol–water partition coefficient (Wildman–Crippen LogP) is 7.04. The molecule has 0 saturated carbocycles. The molecule has 118 valence electrons. The lowest BCUT2D eigenvalue weighted by Crippen LogP contribution is -1.98. The van der Waals surface area contributed by atoms with Gasteiger partial charge in [-0.05, 0) is 107 Å². The maximum atomic E-state index is 10.5. The summed E-state index contributed by atoms with van der Waals surface area (Å²) in [6.07, 6.45) is 0. The summed E-state index contributed by atoms with van der Waals surface area (Å²) in [5.74, 6) is 0.893. The van der Waals surface area contributed by atoms with E-state index in [0.29, 0.717) is 5.75 Å². The van der Waals surface area contributed by atoms with Crippen molar-refractivity contribution in [3.63, 3.8) is 0 Å². The van der Waals surface area contributed by atoms with E-state index in [1.54, 1.807) is 13.2 Å². The SMILES string of the molecule is COc1c(Br)c(Br)c(Br)c(Br)c1-c1c(O)cc(C)c(C)c1C. The molecule has 0 radical (unpaired) electrons. The second kappa shape index (κ2) is 6.83. The zero-order chi connectivity index (χ0) is 16.8. The normalized spacial score (nSPS) is 10.9. The monoisotopic (exact) mass is 554 g/mol. The minimum Gasteiger partial charge on any atom is -0.507 e. The van der Waals surface area contributed by atoms with Crippen LogP contribution in [0.1, 0.15) is 16.7 Å². The number of phenols is 1. The van der Waals surface area contributed by atoms with Crippen LogP contribution in [0.4, 0.5) is 0 Å². The van der Waals surface area contributed by atoms with Crippen molar-refractivity contribution in [2.45, 2.75) is 20.8 Å². The van der Waals surface area contributed by atoms with E-state index in [0.717, 1.165) is 45.7 Å². The van der Waals surface area contributed by atoms with E-state index in [9.17, 15) is 5.11 Å². The first-order chi connectivity index (χ1) is 10.2. The van der Waals surface area contributed by atoms with Crippen LogP contribution in [0.3, 0.4) is 0 Å². The second-order valence-electron chi connectivity index (χ2n) is 5.00. The van der Waals surface area contributed by atoms with E-state index in [1.165, 1.54) is 0 Å². The van der Waals surface area contributed by atoms with Crippen molar-refractivity contribution in [1.29, 1.82) is 0 Å². The van der Waals surface area contributed by atoms with Gasteiger partial charge in [0.15, 0.2) is 0 Å². The first-order valence-corrected chi connectivity index (χ1v) is 9.59. The fraction of sp³-hybridized carbons (Fsp3) is 0.250. The number of methoxy groups -OCH3 is 1. The molecule has 2 rings (SSSR count). The van der Waals surface area contributed by atoms with Gasteiger partial charge in [0.2, 0.25) is 0 Å². The molecule has 0 amide bonds. The van der Waals surface area contributed by atoms with Gasteiger partial charge in [-0.25, -0.2) is 0 Å². The highest BCUT2D eigenvalue weighted by Crippen LogP contribution is 2.53. The topological polar surface area (TPSA) is 29.5 Å². The van der Waals surface area contributed by atoms with Gasteiger partial charge in [-0.3, -0.25) is 0 Å². The fourth-order valence-corrected chi connectivity index (χ4v) is 4.84. The molecular formula is C16H14Br4O2. The van der Waals surface area contributed by atoms with Gasteiger partial charge < -0.3 is 9.84 Å². The zero-order valence-corrected chi connectivity index (χ0v) is 18.8. The molecule has 2 aromatic carbocycles. The summed E-state index contributed by atoms with van der Waals surface area (Å²) in [5.41, 5.74) is 4.81. The summed E-state index contributed by atoms with van der Waals surface area (Å²) in [6.45, 7) is 6.05. The summed E-state index contributed by atoms with van der Waals surface area (Å²) in [7, 11) is 1.61. The first kappa shape index (κ1) is 18.3. The van der Waals surface area contributed by atoms with E-state index in [4.69, 9.17) is 4.74 Å². The maximum absolute atomic E-state index is 10.5. The molecule has 0 spiro atoms. The van der Waals surface area contributed by atoms with Gasteiger partial charge in [-0.15, -0.1) is 0 Å². The number of halogens is 4. The summed E-state index contributed by atoms with van der Waals surface area (Å²) >= 11 is 14.3.